The van der Waals surface area contributed by atoms with Gasteiger partial charge >= 0.3 is 0 Å². The SMILES string of the molecule is CCn1nc(C)c(Cl)c1CC(NC)c1ccc(C)nc1. The van der Waals surface area contributed by atoms with Gasteiger partial charge in [0.25, 0.3) is 0 Å². The number of aromatic nitrogens is 3. The van der Waals surface area contributed by atoms with E-state index < -0.39 is 0 Å². The van der Waals surface area contributed by atoms with Crippen LogP contribution in [-0.2, 0) is 13.0 Å². The molecule has 1 atom stereocenters. The van der Waals surface area contributed by atoms with E-state index in [2.05, 4.69) is 28.4 Å². The molecule has 0 aromatic carbocycles. The van der Waals surface area contributed by atoms with Crippen LogP contribution in [0.25, 0.3) is 0 Å². The van der Waals surface area contributed by atoms with Gasteiger partial charge in [0.05, 0.1) is 16.4 Å². The smallest absolute Gasteiger partial charge is 0.0847 e. The van der Waals surface area contributed by atoms with Crippen LogP contribution in [0.3, 0.4) is 0 Å². The molecule has 1 N–H and O–H groups in total. The van der Waals surface area contributed by atoms with E-state index in [-0.39, 0.29) is 6.04 Å². The lowest BCUT2D eigenvalue weighted by Gasteiger charge is -2.17. The maximum absolute atomic E-state index is 6.38. The summed E-state index contributed by atoms with van der Waals surface area (Å²) in [6.07, 6.45) is 2.72. The summed E-state index contributed by atoms with van der Waals surface area (Å²) in [4.78, 5) is 4.36. The molecule has 1 unspecified atom stereocenters. The van der Waals surface area contributed by atoms with E-state index in [1.807, 2.05) is 37.8 Å². The monoisotopic (exact) mass is 292 g/mol. The van der Waals surface area contributed by atoms with Gasteiger partial charge in [-0.15, -0.1) is 0 Å². The zero-order chi connectivity index (χ0) is 14.7. The quantitative estimate of drug-likeness (QED) is 0.921. The highest BCUT2D eigenvalue weighted by Crippen LogP contribution is 2.25. The van der Waals surface area contributed by atoms with Gasteiger partial charge in [-0.1, -0.05) is 17.7 Å². The average Bonchev–Trinajstić information content (AvgIpc) is 2.73. The molecule has 5 heteroatoms. The Hall–Kier alpha value is -1.39. The molecule has 20 heavy (non-hydrogen) atoms. The molecule has 2 aromatic heterocycles. The molecule has 108 valence electrons. The van der Waals surface area contributed by atoms with Gasteiger partial charge in [-0.2, -0.15) is 5.10 Å². The number of nitrogens with one attached hydrogen (secondary N) is 1. The van der Waals surface area contributed by atoms with E-state index in [0.717, 1.165) is 40.6 Å². The van der Waals surface area contributed by atoms with Crippen LogP contribution in [0.5, 0.6) is 0 Å². The fourth-order valence-corrected chi connectivity index (χ4v) is 2.54. The number of rotatable bonds is 5. The van der Waals surface area contributed by atoms with Gasteiger partial charge < -0.3 is 5.32 Å². The van der Waals surface area contributed by atoms with Crippen molar-refractivity contribution in [3.8, 4) is 0 Å². The molecule has 0 bridgehead atoms. The zero-order valence-corrected chi connectivity index (χ0v) is 13.2. The van der Waals surface area contributed by atoms with Gasteiger partial charge in [0, 0.05) is 30.9 Å². The van der Waals surface area contributed by atoms with E-state index >= 15 is 0 Å². The van der Waals surface area contributed by atoms with Crippen LogP contribution < -0.4 is 5.32 Å². The molecule has 2 rings (SSSR count). The van der Waals surface area contributed by atoms with Crippen LogP contribution in [0.2, 0.25) is 5.02 Å². The molecule has 0 fully saturated rings. The first kappa shape index (κ1) is 15.0. The Morgan fingerprint density at radius 2 is 2.10 bits per heavy atom. The molecule has 0 aliphatic carbocycles. The van der Waals surface area contributed by atoms with E-state index in [1.165, 1.54) is 0 Å². The first-order valence-electron chi connectivity index (χ1n) is 6.88. The topological polar surface area (TPSA) is 42.7 Å². The Balaban J connectivity index is 2.28. The Labute approximate surface area is 125 Å². The zero-order valence-electron chi connectivity index (χ0n) is 12.4. The van der Waals surface area contributed by atoms with E-state index in [4.69, 9.17) is 11.6 Å². The summed E-state index contributed by atoms with van der Waals surface area (Å²) >= 11 is 6.38. The molecule has 0 aliphatic heterocycles. The summed E-state index contributed by atoms with van der Waals surface area (Å²) in [6.45, 7) is 6.84. The van der Waals surface area contributed by atoms with Crippen LogP contribution in [-0.4, -0.2) is 21.8 Å². The van der Waals surface area contributed by atoms with Crippen molar-refractivity contribution in [2.45, 2.75) is 39.8 Å². The molecular formula is C15H21ClN4. The number of aryl methyl sites for hydroxylation is 3. The van der Waals surface area contributed by atoms with Crippen LogP contribution in [0.15, 0.2) is 18.3 Å². The van der Waals surface area contributed by atoms with E-state index in [0.29, 0.717) is 0 Å². The second-order valence-electron chi connectivity index (χ2n) is 4.94. The predicted molar refractivity (Wildman–Crippen MR) is 82.1 cm³/mol. The number of hydrogen-bond donors (Lipinski definition) is 1. The maximum atomic E-state index is 6.38. The second-order valence-corrected chi connectivity index (χ2v) is 5.32. The first-order valence-corrected chi connectivity index (χ1v) is 7.26. The van der Waals surface area contributed by atoms with Crippen molar-refractivity contribution in [2.24, 2.45) is 0 Å². The Morgan fingerprint density at radius 1 is 1.35 bits per heavy atom. The molecule has 4 nitrogen and oxygen atoms in total. The average molecular weight is 293 g/mol. The summed E-state index contributed by atoms with van der Waals surface area (Å²) < 4.78 is 1.98. The predicted octanol–water partition coefficient (Wildman–Crippen LogP) is 3.07. The second kappa shape index (κ2) is 6.37. The maximum Gasteiger partial charge on any atom is 0.0847 e. The Kier molecular flexibility index (Phi) is 4.78. The lowest BCUT2D eigenvalue weighted by Crippen LogP contribution is -2.21. The van der Waals surface area contributed by atoms with Crippen molar-refractivity contribution < 1.29 is 0 Å². The highest BCUT2D eigenvalue weighted by molar-refractivity contribution is 6.31. The fourth-order valence-electron chi connectivity index (χ4n) is 2.33. The van der Waals surface area contributed by atoms with Crippen molar-refractivity contribution in [1.82, 2.24) is 20.1 Å². The van der Waals surface area contributed by atoms with E-state index in [9.17, 15) is 0 Å². The third-order valence-electron chi connectivity index (χ3n) is 3.54. The van der Waals surface area contributed by atoms with Gasteiger partial charge in [0.15, 0.2) is 0 Å². The first-order chi connectivity index (χ1) is 9.56. The highest BCUT2D eigenvalue weighted by atomic mass is 35.5. The molecular weight excluding hydrogens is 272 g/mol. The lowest BCUT2D eigenvalue weighted by molar-refractivity contribution is 0.540. The van der Waals surface area contributed by atoms with Crippen molar-refractivity contribution >= 4 is 11.6 Å². The normalized spacial score (nSPS) is 12.7. The summed E-state index contributed by atoms with van der Waals surface area (Å²) in [6, 6.07) is 4.32. The lowest BCUT2D eigenvalue weighted by atomic mass is 10.0. The van der Waals surface area contributed by atoms with Gasteiger partial charge in [-0.05, 0) is 39.4 Å². The highest BCUT2D eigenvalue weighted by Gasteiger charge is 2.18. The minimum atomic E-state index is 0.182. The molecule has 0 aliphatic rings. The van der Waals surface area contributed by atoms with Gasteiger partial charge in [0.2, 0.25) is 0 Å². The van der Waals surface area contributed by atoms with Crippen molar-refractivity contribution in [3.63, 3.8) is 0 Å². The summed E-state index contributed by atoms with van der Waals surface area (Å²) in [5.41, 5.74) is 4.15. The van der Waals surface area contributed by atoms with Gasteiger partial charge in [0.1, 0.15) is 0 Å². The molecule has 2 heterocycles. The molecule has 0 saturated heterocycles. The van der Waals surface area contributed by atoms with Crippen molar-refractivity contribution in [1.29, 1.82) is 0 Å². The Bertz CT molecular complexity index is 574. The molecule has 2 aromatic rings. The third kappa shape index (κ3) is 3.02. The molecule has 0 amide bonds. The van der Waals surface area contributed by atoms with Crippen LogP contribution in [0.1, 0.15) is 35.6 Å². The van der Waals surface area contributed by atoms with Crippen molar-refractivity contribution in [2.75, 3.05) is 7.05 Å². The van der Waals surface area contributed by atoms with Crippen LogP contribution in [0, 0.1) is 13.8 Å². The summed E-state index contributed by atoms with van der Waals surface area (Å²) in [7, 11) is 1.96. The summed E-state index contributed by atoms with van der Waals surface area (Å²) in [5.74, 6) is 0. The van der Waals surface area contributed by atoms with Gasteiger partial charge in [-0.3, -0.25) is 9.67 Å². The standard InChI is InChI=1S/C15H21ClN4/c1-5-20-14(15(16)11(3)19-20)8-13(17-4)12-7-6-10(2)18-9-12/h6-7,9,13,17H,5,8H2,1-4H3. The van der Waals surface area contributed by atoms with Crippen LogP contribution in [0.4, 0.5) is 0 Å². The molecule has 0 radical (unpaired) electrons. The number of hydrogen-bond acceptors (Lipinski definition) is 3. The minimum absolute atomic E-state index is 0.182. The van der Waals surface area contributed by atoms with Crippen LogP contribution >= 0.6 is 11.6 Å². The largest absolute Gasteiger partial charge is 0.313 e. The number of halogens is 1. The fraction of sp³-hybridized carbons (Fsp3) is 0.467. The third-order valence-corrected chi connectivity index (χ3v) is 4.03. The van der Waals surface area contributed by atoms with Crippen molar-refractivity contribution in [3.05, 3.63) is 46.0 Å². The number of likely N-dealkylation sites (N-methyl/N-ethyl adjacent to an activating group) is 1. The minimum Gasteiger partial charge on any atom is -0.313 e. The summed E-state index contributed by atoms with van der Waals surface area (Å²) in [5, 5.41) is 8.57. The van der Waals surface area contributed by atoms with Gasteiger partial charge in [-0.25, -0.2) is 0 Å². The molecule has 0 saturated carbocycles. The molecule has 0 spiro atoms. The van der Waals surface area contributed by atoms with E-state index in [1.54, 1.807) is 0 Å². The Morgan fingerprint density at radius 3 is 2.65 bits per heavy atom. The number of pyridine rings is 1. The number of nitrogens with zero attached hydrogens (tertiary/aromatic N) is 3.